The first-order valence-corrected chi connectivity index (χ1v) is 42.4. The van der Waals surface area contributed by atoms with Crippen molar-refractivity contribution in [3.63, 3.8) is 0 Å². The van der Waals surface area contributed by atoms with Crippen LogP contribution >= 0.6 is 0 Å². The summed E-state index contributed by atoms with van der Waals surface area (Å²) in [6.07, 6.45) is 11.1. The number of piperidine rings is 1. The maximum Gasteiger partial charge on any atom is 0.407 e. The number of allylic oxidation sites excluding steroid dienone is 6. The number of alkyl carbamates (subject to hydrolysis) is 1. The largest absolute Gasteiger partial charge is 0.460 e. The third-order valence-electron chi connectivity index (χ3n) is 22.4. The van der Waals surface area contributed by atoms with Crippen molar-refractivity contribution in [2.24, 2.45) is 35.5 Å². The van der Waals surface area contributed by atoms with Crippen molar-refractivity contribution in [1.82, 2.24) is 40.3 Å². The second-order valence-electron chi connectivity index (χ2n) is 31.7. The molecule has 34 nitrogen and oxygen atoms in total. The fourth-order valence-corrected chi connectivity index (χ4v) is 15.4. The lowest BCUT2D eigenvalue weighted by Crippen LogP contribution is -2.61. The summed E-state index contributed by atoms with van der Waals surface area (Å²) in [6.45, 7) is 19.2. The van der Waals surface area contributed by atoms with Crippen LogP contribution in [0.4, 0.5) is 16.6 Å². The molecule has 3 fully saturated rings. The molecule has 2 saturated heterocycles. The van der Waals surface area contributed by atoms with Crippen LogP contribution in [0.2, 0.25) is 0 Å². The van der Waals surface area contributed by atoms with Gasteiger partial charge in [-0.3, -0.25) is 24.0 Å². The fraction of sp³-hybridized carbons (Fsp3) is 0.686. The maximum absolute atomic E-state index is 14.7. The van der Waals surface area contributed by atoms with E-state index in [1.54, 1.807) is 45.7 Å². The number of unbranched alkanes of at least 4 members (excludes halogenated alkanes) is 1. The number of aryl methyl sites for hydroxylation is 1. The Hall–Kier alpha value is -8.07. The molecule has 3 amide bonds. The highest BCUT2D eigenvalue weighted by atomic mass is 16.6. The summed E-state index contributed by atoms with van der Waals surface area (Å²) < 4.78 is 82.1. The summed E-state index contributed by atoms with van der Waals surface area (Å²) >= 11 is 0. The van der Waals surface area contributed by atoms with E-state index < -0.39 is 108 Å². The predicted molar refractivity (Wildman–Crippen MR) is 443 cm³/mol. The average molecular weight is 1690 g/mol. The molecular weight excluding hydrogens is 1560 g/mol. The van der Waals surface area contributed by atoms with E-state index in [1.807, 2.05) is 63.3 Å². The fourth-order valence-electron chi connectivity index (χ4n) is 15.4. The van der Waals surface area contributed by atoms with E-state index in [2.05, 4.69) is 25.6 Å². The molecule has 668 valence electrons. The molecule has 3 aliphatic heterocycles. The number of nitrogens with one attached hydrogen (secondary N) is 2. The van der Waals surface area contributed by atoms with Gasteiger partial charge in [0.05, 0.1) is 129 Å². The zero-order chi connectivity index (χ0) is 86.5. The van der Waals surface area contributed by atoms with Crippen molar-refractivity contribution in [1.29, 1.82) is 0 Å². The van der Waals surface area contributed by atoms with Gasteiger partial charge in [-0.1, -0.05) is 71.1 Å². The Morgan fingerprint density at radius 3 is 2.02 bits per heavy atom. The van der Waals surface area contributed by atoms with E-state index in [0.717, 1.165) is 28.9 Å². The van der Waals surface area contributed by atoms with E-state index in [1.165, 1.54) is 19.3 Å². The van der Waals surface area contributed by atoms with E-state index in [-0.39, 0.29) is 87.1 Å². The second-order valence-corrected chi connectivity index (χ2v) is 31.7. The maximum atomic E-state index is 14.7. The number of anilines is 2. The number of carbonyl (C=O) groups excluding carboxylic acids is 7. The van der Waals surface area contributed by atoms with E-state index in [0.29, 0.717) is 197 Å². The Balaban J connectivity index is 0.648. The van der Waals surface area contributed by atoms with Crippen LogP contribution in [0.25, 0.3) is 33.4 Å². The number of rotatable bonds is 39. The number of methoxy groups -OCH3 is 2. The molecule has 34 heteroatoms. The molecule has 1 aliphatic carbocycles. The Morgan fingerprint density at radius 2 is 1.37 bits per heavy atom. The first-order chi connectivity index (χ1) is 57.8. The smallest absolute Gasteiger partial charge is 0.407 e. The number of carbonyl (C=O) groups is 7. The van der Waals surface area contributed by atoms with Crippen molar-refractivity contribution in [3.8, 4) is 11.3 Å². The molecule has 0 radical (unpaired) electrons. The molecule has 6 heterocycles. The Morgan fingerprint density at radius 1 is 0.708 bits per heavy atom. The minimum absolute atomic E-state index is 0.0290. The number of benzene rings is 1. The minimum atomic E-state index is -2.49. The SMILES string of the molecule is CO[C@H]1C[C@@H]2CC[C@@H](C)[C@@](O)(O2)C(=O)C(=O)N2CCCC[C@H]2C(=O)O[C@H]([C@H](C)C[C@@H]2CC[C@@H](OC(=O)NCCOCCOCCOCCOCCOCCOCCOCCOCCC(=O)NCCCCn3nc(-c4ccc5oc(N)nc5c4)c4c(N)ncnc43)[C@H](OC)C2)CC(=O)[C@H](C)/C=C(\C)[C@@H](O)[C@@H](O)C(=O)[C@H](C)C[C@H](C)/C=C/C=C/C=C/1C. The molecular formula is C86H130N10O24. The quantitative estimate of drug-likeness (QED) is 0.00984. The summed E-state index contributed by atoms with van der Waals surface area (Å²) in [7, 11) is 3.10. The van der Waals surface area contributed by atoms with Crippen LogP contribution in [0.3, 0.4) is 0 Å². The number of fused-ring (bicyclic) bond motifs is 5. The number of aliphatic hydroxyl groups excluding tert-OH is 2. The van der Waals surface area contributed by atoms with E-state index in [4.69, 9.17) is 82.6 Å². The molecule has 4 aliphatic rings. The Kier molecular flexibility index (Phi) is 41.5. The lowest BCUT2D eigenvalue weighted by atomic mass is 9.78. The van der Waals surface area contributed by atoms with Gasteiger partial charge in [0.1, 0.15) is 59.6 Å². The van der Waals surface area contributed by atoms with Crippen LogP contribution in [0.15, 0.2) is 76.5 Å². The van der Waals surface area contributed by atoms with Gasteiger partial charge in [-0.05, 0) is 138 Å². The first kappa shape index (κ1) is 97.4. The topological polar surface area (TPSA) is 449 Å². The van der Waals surface area contributed by atoms with Crippen molar-refractivity contribution in [3.05, 3.63) is 72.1 Å². The summed E-state index contributed by atoms with van der Waals surface area (Å²) in [4.78, 5) is 111. The van der Waals surface area contributed by atoms with Crippen LogP contribution in [0.1, 0.15) is 145 Å². The standard InChI is InChI=1S/C86H130N10O24/c1-55-17-11-10-12-18-56(2)70(107-8)52-64-23-20-61(7)86(106,120-64)79(102)82(103)95-29-15-13-19-66(95)83(104)117-71(53-67(97)57(3)48-60(6)77(100)78(101)76(99)59(5)47-55)58(4)49-62-21-24-69(72(50-62)108-9)119-85(105)90-28-32-110-34-36-112-38-40-114-42-44-116-46-45-115-43-41-113-39-37-111-35-33-109-31-26-73(98)89-27-14-16-30-96-81-74(80(87)91-54-92-81)75(94-96)63-22-25-68-65(51-63)93-84(88)118-68/h10-12,17-18,22,25,48,51,54-55,57-59,61-62,64,66,69-72,77-78,100-101,106H,13-16,19-21,23-24,26-47,49-50,52-53H2,1-9H3,(H2,88,93)(H,89,98)(H,90,105)(H2,87,91,92)/b12-10+,17-11+,56-18+,60-48+/t55-,57-,58-,59-,61-,62+,64+,66+,69-,70+,71+,72-,77-,78+,86-/m1/s1. The number of aliphatic hydroxyl groups is 3. The number of Topliss-reactive ketones (excluding diaryl/α,β-unsaturated/α-hetero) is 3. The predicted octanol–water partition coefficient (Wildman–Crippen LogP) is 7.49. The molecule has 0 unspecified atom stereocenters. The summed E-state index contributed by atoms with van der Waals surface area (Å²) in [5.41, 5.74) is 16.2. The van der Waals surface area contributed by atoms with E-state index in [9.17, 15) is 48.9 Å². The molecule has 0 spiro atoms. The highest BCUT2D eigenvalue weighted by Crippen LogP contribution is 2.39. The summed E-state index contributed by atoms with van der Waals surface area (Å²) in [5, 5.41) is 45.7. The van der Waals surface area contributed by atoms with Crippen LogP contribution < -0.4 is 22.1 Å². The van der Waals surface area contributed by atoms with Gasteiger partial charge in [-0.2, -0.15) is 10.1 Å². The monoisotopic (exact) mass is 1690 g/mol. The van der Waals surface area contributed by atoms with Crippen LogP contribution in [0, 0.1) is 35.5 Å². The number of nitrogen functional groups attached to an aromatic ring is 2. The molecule has 2 bridgehead atoms. The van der Waals surface area contributed by atoms with Gasteiger partial charge in [-0.15, -0.1) is 0 Å². The average Bonchev–Trinajstić information content (AvgIpc) is 1.61. The van der Waals surface area contributed by atoms with Crippen LogP contribution in [-0.2, 0) is 96.9 Å². The zero-order valence-electron chi connectivity index (χ0n) is 71.4. The number of amides is 3. The van der Waals surface area contributed by atoms with Crippen LogP contribution in [-0.4, -0.2) is 280 Å². The van der Waals surface area contributed by atoms with Crippen molar-refractivity contribution >= 4 is 75.2 Å². The number of ketones is 3. The highest BCUT2D eigenvalue weighted by Gasteiger charge is 2.53. The van der Waals surface area contributed by atoms with Crippen molar-refractivity contribution in [2.45, 2.75) is 206 Å². The second kappa shape index (κ2) is 51.1. The highest BCUT2D eigenvalue weighted by molar-refractivity contribution is 6.39. The van der Waals surface area contributed by atoms with Crippen molar-refractivity contribution < 1.29 is 115 Å². The van der Waals surface area contributed by atoms with Gasteiger partial charge in [0.2, 0.25) is 11.7 Å². The molecule has 3 aromatic heterocycles. The number of cyclic esters (lactones) is 1. The third-order valence-corrected chi connectivity index (χ3v) is 22.4. The van der Waals surface area contributed by atoms with Gasteiger partial charge in [-0.25, -0.2) is 24.2 Å². The molecule has 1 aromatic carbocycles. The van der Waals surface area contributed by atoms with Gasteiger partial charge in [0, 0.05) is 83.0 Å². The molecule has 15 atom stereocenters. The number of nitrogens with zero attached hydrogens (tertiary/aromatic N) is 6. The molecule has 8 rings (SSSR count). The number of esters is 1. The van der Waals surface area contributed by atoms with E-state index >= 15 is 0 Å². The number of oxazole rings is 1. The number of ether oxygens (including phenoxy) is 13. The van der Waals surface area contributed by atoms with Gasteiger partial charge in [0.25, 0.3) is 17.7 Å². The minimum Gasteiger partial charge on any atom is -0.460 e. The number of hydrogen-bond acceptors (Lipinski definition) is 30. The zero-order valence-corrected chi connectivity index (χ0v) is 71.4. The Bertz CT molecular complexity index is 4000. The lowest BCUT2D eigenvalue weighted by Gasteiger charge is -2.42. The molecule has 4 aromatic rings. The molecule has 120 heavy (non-hydrogen) atoms. The van der Waals surface area contributed by atoms with Crippen LogP contribution in [0.5, 0.6) is 0 Å². The molecule has 9 N–H and O–H groups in total. The first-order valence-electron chi connectivity index (χ1n) is 42.4. The molecule has 1 saturated carbocycles. The van der Waals surface area contributed by atoms with Crippen molar-refractivity contribution in [2.75, 3.05) is 151 Å². The Labute approximate surface area is 703 Å². The third kappa shape index (κ3) is 30.5. The number of hydrogen-bond donors (Lipinski definition) is 7. The van der Waals surface area contributed by atoms with Gasteiger partial charge >= 0.3 is 12.1 Å². The number of nitrogens with two attached hydrogens (primary N) is 2. The summed E-state index contributed by atoms with van der Waals surface area (Å²) in [5.74, 6) is -9.07. The van der Waals surface area contributed by atoms with Gasteiger partial charge in [0.15, 0.2) is 17.0 Å². The summed E-state index contributed by atoms with van der Waals surface area (Å²) in [6, 6.07) is 4.33. The normalized spacial score (nSPS) is 27.3. The number of aromatic nitrogens is 5. The lowest BCUT2D eigenvalue weighted by molar-refractivity contribution is -0.265. The van der Waals surface area contributed by atoms with Gasteiger partial charge < -0.3 is 108 Å².